The molecule has 2 amide bonds. The van der Waals surface area contributed by atoms with Crippen LogP contribution >= 0.6 is 11.6 Å². The Morgan fingerprint density at radius 1 is 1.29 bits per heavy atom. The number of nitrogens with zero attached hydrogens (tertiary/aromatic N) is 3. The second-order valence-corrected chi connectivity index (χ2v) is 9.67. The fourth-order valence-corrected chi connectivity index (χ4v) is 5.86. The lowest BCUT2D eigenvalue weighted by Crippen LogP contribution is -2.56. The maximum absolute atomic E-state index is 13.0. The molecule has 7 nitrogen and oxygen atoms in total. The van der Waals surface area contributed by atoms with Gasteiger partial charge < -0.3 is 19.8 Å². The summed E-state index contributed by atoms with van der Waals surface area (Å²) in [7, 11) is 1.97. The average molecular weight is 450 g/mol. The van der Waals surface area contributed by atoms with Crippen LogP contribution in [0, 0.1) is 17.8 Å². The zero-order chi connectivity index (χ0) is 22.8. The van der Waals surface area contributed by atoms with Crippen LogP contribution in [0.5, 0.6) is 0 Å². The highest BCUT2D eigenvalue weighted by Gasteiger charge is 2.60. The summed E-state index contributed by atoms with van der Waals surface area (Å²) in [6.45, 7) is 8.54. The number of carboxylic acid groups (broad SMARTS) is 1. The van der Waals surface area contributed by atoms with E-state index in [0.717, 1.165) is 32.5 Å². The van der Waals surface area contributed by atoms with Gasteiger partial charge in [0.05, 0.1) is 11.5 Å². The minimum absolute atomic E-state index is 0.0359. The van der Waals surface area contributed by atoms with Crippen molar-refractivity contribution >= 4 is 29.9 Å². The van der Waals surface area contributed by atoms with Crippen molar-refractivity contribution in [3.8, 4) is 0 Å². The number of fused-ring (bicyclic) bond motifs is 2. The molecule has 3 heterocycles. The van der Waals surface area contributed by atoms with Gasteiger partial charge >= 0.3 is 0 Å². The monoisotopic (exact) mass is 449 g/mol. The Balaban J connectivity index is 0.000000858. The largest absolute Gasteiger partial charge is 0.483 e. The second-order valence-electron chi connectivity index (χ2n) is 9.23. The molecule has 0 aromatic heterocycles. The highest BCUT2D eigenvalue weighted by molar-refractivity contribution is 6.30. The summed E-state index contributed by atoms with van der Waals surface area (Å²) in [5.41, 5.74) is 0.541. The van der Waals surface area contributed by atoms with Gasteiger partial charge in [0.15, 0.2) is 0 Å². The van der Waals surface area contributed by atoms with Crippen LogP contribution in [0.15, 0.2) is 24.3 Å². The van der Waals surface area contributed by atoms with E-state index in [2.05, 4.69) is 18.7 Å². The quantitative estimate of drug-likeness (QED) is 0.717. The van der Waals surface area contributed by atoms with Crippen molar-refractivity contribution in [2.75, 3.05) is 39.8 Å². The third kappa shape index (κ3) is 4.58. The van der Waals surface area contributed by atoms with E-state index in [1.807, 2.05) is 29.0 Å². The van der Waals surface area contributed by atoms with Gasteiger partial charge in [-0.3, -0.25) is 14.4 Å². The van der Waals surface area contributed by atoms with Crippen molar-refractivity contribution < 1.29 is 19.5 Å². The number of likely N-dealkylation sites (tertiary alicyclic amines) is 3. The van der Waals surface area contributed by atoms with E-state index < -0.39 is 0 Å². The average Bonchev–Trinajstić information content (AvgIpc) is 3.22. The fourth-order valence-electron chi connectivity index (χ4n) is 5.67. The van der Waals surface area contributed by atoms with Crippen molar-refractivity contribution in [3.63, 3.8) is 0 Å². The normalized spacial score (nSPS) is 24.9. The predicted octanol–water partition coefficient (Wildman–Crippen LogP) is 2.69. The number of hydrogen-bond acceptors (Lipinski definition) is 4. The molecule has 0 radical (unpaired) electrons. The lowest BCUT2D eigenvalue weighted by atomic mass is 9.75. The molecule has 31 heavy (non-hydrogen) atoms. The van der Waals surface area contributed by atoms with Crippen LogP contribution in [-0.2, 0) is 9.59 Å². The van der Waals surface area contributed by atoms with E-state index in [9.17, 15) is 9.59 Å². The summed E-state index contributed by atoms with van der Waals surface area (Å²) in [4.78, 5) is 40.6. The molecule has 1 spiro atoms. The fraction of sp³-hybridized carbons (Fsp3) is 0.609. The van der Waals surface area contributed by atoms with Gasteiger partial charge in [-0.25, -0.2) is 0 Å². The molecule has 1 N–H and O–H groups in total. The van der Waals surface area contributed by atoms with E-state index in [1.54, 1.807) is 12.1 Å². The van der Waals surface area contributed by atoms with E-state index in [1.165, 1.54) is 0 Å². The second kappa shape index (κ2) is 9.57. The zero-order valence-corrected chi connectivity index (χ0v) is 19.2. The molecule has 3 aliphatic rings. The number of hydrogen-bond donors (Lipinski definition) is 1. The van der Waals surface area contributed by atoms with E-state index in [4.69, 9.17) is 21.5 Å². The third-order valence-corrected chi connectivity index (χ3v) is 7.25. The number of carbonyl (C=O) groups excluding carboxylic acids is 2. The summed E-state index contributed by atoms with van der Waals surface area (Å²) in [6, 6.07) is 7.15. The summed E-state index contributed by atoms with van der Waals surface area (Å²) in [5, 5.41) is 7.47. The molecule has 170 valence electrons. The summed E-state index contributed by atoms with van der Waals surface area (Å²) in [6.07, 6.45) is 1.72. The van der Waals surface area contributed by atoms with Crippen LogP contribution < -0.4 is 0 Å². The predicted molar refractivity (Wildman–Crippen MR) is 119 cm³/mol. The molecule has 0 bridgehead atoms. The van der Waals surface area contributed by atoms with E-state index in [-0.39, 0.29) is 23.8 Å². The Labute approximate surface area is 188 Å². The maximum atomic E-state index is 13.0. The zero-order valence-electron chi connectivity index (χ0n) is 18.5. The van der Waals surface area contributed by atoms with Crippen molar-refractivity contribution in [3.05, 3.63) is 34.9 Å². The molecule has 1 aromatic rings. The maximum Gasteiger partial charge on any atom is 0.290 e. The number of halogens is 1. The molecular formula is C23H32ClN3O4. The summed E-state index contributed by atoms with van der Waals surface area (Å²) >= 11 is 6.05. The van der Waals surface area contributed by atoms with Gasteiger partial charge in [-0.05, 0) is 37.0 Å². The first-order chi connectivity index (χ1) is 14.7. The Morgan fingerprint density at radius 2 is 1.94 bits per heavy atom. The first-order valence-corrected chi connectivity index (χ1v) is 11.2. The van der Waals surface area contributed by atoms with Crippen LogP contribution in [0.3, 0.4) is 0 Å². The molecule has 0 unspecified atom stereocenters. The molecule has 3 aliphatic heterocycles. The van der Waals surface area contributed by atoms with Gasteiger partial charge in [-0.1, -0.05) is 31.5 Å². The number of carbonyl (C=O) groups is 3. The minimum atomic E-state index is -0.250. The number of rotatable bonds is 3. The van der Waals surface area contributed by atoms with Crippen LogP contribution in [0.25, 0.3) is 0 Å². The molecule has 3 saturated heterocycles. The van der Waals surface area contributed by atoms with Gasteiger partial charge in [0.1, 0.15) is 0 Å². The van der Waals surface area contributed by atoms with Crippen molar-refractivity contribution in [1.82, 2.24) is 14.7 Å². The number of amides is 2. The molecule has 4 rings (SSSR count). The van der Waals surface area contributed by atoms with Gasteiger partial charge in [-0.15, -0.1) is 0 Å². The topological polar surface area (TPSA) is 81.2 Å². The highest BCUT2D eigenvalue weighted by atomic mass is 35.5. The van der Waals surface area contributed by atoms with Crippen LogP contribution in [-0.4, -0.2) is 83.4 Å². The van der Waals surface area contributed by atoms with Crippen molar-refractivity contribution in [2.24, 2.45) is 17.8 Å². The summed E-state index contributed by atoms with van der Waals surface area (Å²) in [5.74, 6) is 1.45. The first-order valence-electron chi connectivity index (χ1n) is 10.9. The molecule has 8 heteroatoms. The number of benzene rings is 1. The molecule has 3 fully saturated rings. The highest BCUT2D eigenvalue weighted by Crippen LogP contribution is 2.49. The third-order valence-electron chi connectivity index (χ3n) is 7.01. The first kappa shape index (κ1) is 23.5. The van der Waals surface area contributed by atoms with Gasteiger partial charge in [0.25, 0.3) is 12.4 Å². The van der Waals surface area contributed by atoms with E-state index in [0.29, 0.717) is 41.4 Å². The van der Waals surface area contributed by atoms with Gasteiger partial charge in [0, 0.05) is 56.3 Å². The Morgan fingerprint density at radius 3 is 2.52 bits per heavy atom. The number of piperidine rings is 1. The molecule has 0 aliphatic carbocycles. The Kier molecular flexibility index (Phi) is 7.27. The van der Waals surface area contributed by atoms with Crippen LogP contribution in [0.4, 0.5) is 0 Å². The standard InChI is InChI=1S/C22H30ClN3O2.CH2O2/c1-15(2)12-25-13-18-19(14-25)22(24(3)21(18)28)7-9-26(10-8-22)20(27)16-5-4-6-17(23)11-16;2-1-3/h4-6,11,15,18-19H,7-10,12-14H2,1-3H3;1H,(H,2,3)/t18-,19+;/m0./s1. The summed E-state index contributed by atoms with van der Waals surface area (Å²) < 4.78 is 0. The molecule has 0 saturated carbocycles. The van der Waals surface area contributed by atoms with Gasteiger partial charge in [-0.2, -0.15) is 0 Å². The molecule has 1 aromatic carbocycles. The Bertz CT molecular complexity index is 823. The molecular weight excluding hydrogens is 418 g/mol. The van der Waals surface area contributed by atoms with Crippen LogP contribution in [0.1, 0.15) is 37.0 Å². The van der Waals surface area contributed by atoms with E-state index >= 15 is 0 Å². The lowest BCUT2D eigenvalue weighted by molar-refractivity contribution is -0.133. The van der Waals surface area contributed by atoms with Crippen LogP contribution in [0.2, 0.25) is 5.02 Å². The smallest absolute Gasteiger partial charge is 0.290 e. The Hall–Kier alpha value is -2.12. The van der Waals surface area contributed by atoms with Gasteiger partial charge in [0.2, 0.25) is 5.91 Å². The van der Waals surface area contributed by atoms with Crippen molar-refractivity contribution in [1.29, 1.82) is 0 Å². The minimum Gasteiger partial charge on any atom is -0.483 e. The lowest BCUT2D eigenvalue weighted by Gasteiger charge is -2.46. The molecule has 2 atom stereocenters. The SMILES string of the molecule is CC(C)CN1C[C@@H]2C(=O)N(C)C3(CCN(C(=O)c4cccc(Cl)c4)CC3)[C@@H]2C1.O=CO. The van der Waals surface area contributed by atoms with Crippen molar-refractivity contribution in [2.45, 2.75) is 32.2 Å².